The van der Waals surface area contributed by atoms with Crippen LogP contribution in [0.1, 0.15) is 49.5 Å². The average Bonchev–Trinajstić information content (AvgIpc) is 2.97. The molecule has 0 spiro atoms. The van der Waals surface area contributed by atoms with Gasteiger partial charge in [0, 0.05) is 24.6 Å². The highest BCUT2D eigenvalue weighted by molar-refractivity contribution is 5.92. The van der Waals surface area contributed by atoms with Crippen LogP contribution >= 0.6 is 0 Å². The van der Waals surface area contributed by atoms with Gasteiger partial charge in [-0.3, -0.25) is 9.59 Å². The van der Waals surface area contributed by atoms with Crippen LogP contribution in [-0.2, 0) is 6.54 Å². The lowest BCUT2D eigenvalue weighted by molar-refractivity contribution is 0.0873. The minimum Gasteiger partial charge on any atom is -0.396 e. The second-order valence-electron chi connectivity index (χ2n) is 5.83. The minimum absolute atomic E-state index is 0.0933. The van der Waals surface area contributed by atoms with Crippen molar-refractivity contribution in [3.63, 3.8) is 0 Å². The minimum atomic E-state index is -0.292. The van der Waals surface area contributed by atoms with Gasteiger partial charge in [0.05, 0.1) is 6.61 Å². The Bertz CT molecular complexity index is 547. The molecule has 1 saturated carbocycles. The number of carbonyl (C=O) groups is 1. The largest absolute Gasteiger partial charge is 0.396 e. The van der Waals surface area contributed by atoms with Crippen LogP contribution in [0.5, 0.6) is 0 Å². The summed E-state index contributed by atoms with van der Waals surface area (Å²) >= 11 is 0. The quantitative estimate of drug-likeness (QED) is 0.817. The first-order valence-corrected chi connectivity index (χ1v) is 7.57. The van der Waals surface area contributed by atoms with Crippen LogP contribution in [0.15, 0.2) is 16.9 Å². The topological polar surface area (TPSA) is 84.2 Å². The lowest BCUT2D eigenvalue weighted by Crippen LogP contribution is -2.39. The molecule has 1 aromatic rings. The normalized spacial score (nSPS) is 16.9. The van der Waals surface area contributed by atoms with Crippen LogP contribution < -0.4 is 10.9 Å². The predicted octanol–water partition coefficient (Wildman–Crippen LogP) is 0.936. The molecule has 0 atom stereocenters. The molecule has 6 nitrogen and oxygen atoms in total. The standard InChI is InChI=1S/C15H23N3O3/c1-2-9-18-13(20)6-5-12(17-18)14(21)16-10-15(11-19)7-3-4-8-15/h5-6,19H,2-4,7-11H2,1H3,(H,16,21). The van der Waals surface area contributed by atoms with Gasteiger partial charge in [0.25, 0.3) is 11.5 Å². The second-order valence-corrected chi connectivity index (χ2v) is 5.83. The maximum absolute atomic E-state index is 12.2. The maximum atomic E-state index is 12.2. The summed E-state index contributed by atoms with van der Waals surface area (Å²) in [7, 11) is 0. The molecule has 116 valence electrons. The highest BCUT2D eigenvalue weighted by Gasteiger charge is 2.33. The van der Waals surface area contributed by atoms with Gasteiger partial charge in [-0.2, -0.15) is 5.10 Å². The fourth-order valence-electron chi connectivity index (χ4n) is 2.82. The Morgan fingerprint density at radius 1 is 1.43 bits per heavy atom. The molecule has 0 aliphatic heterocycles. The van der Waals surface area contributed by atoms with Crippen molar-refractivity contribution in [2.75, 3.05) is 13.2 Å². The average molecular weight is 293 g/mol. The molecule has 1 aliphatic carbocycles. The number of aromatic nitrogens is 2. The van der Waals surface area contributed by atoms with E-state index in [4.69, 9.17) is 0 Å². The van der Waals surface area contributed by atoms with Crippen molar-refractivity contribution >= 4 is 5.91 Å². The number of aryl methyl sites for hydroxylation is 1. The molecule has 1 fully saturated rings. The SMILES string of the molecule is CCCn1nc(C(=O)NCC2(CO)CCCC2)ccc1=O. The number of amides is 1. The van der Waals surface area contributed by atoms with Crippen LogP contribution in [0.3, 0.4) is 0 Å². The van der Waals surface area contributed by atoms with Gasteiger partial charge >= 0.3 is 0 Å². The van der Waals surface area contributed by atoms with E-state index >= 15 is 0 Å². The van der Waals surface area contributed by atoms with E-state index in [1.165, 1.54) is 16.8 Å². The van der Waals surface area contributed by atoms with Crippen molar-refractivity contribution in [3.8, 4) is 0 Å². The lowest BCUT2D eigenvalue weighted by atomic mass is 9.87. The molecule has 0 radical (unpaired) electrons. The van der Waals surface area contributed by atoms with Gasteiger partial charge in [0.1, 0.15) is 5.69 Å². The molecule has 1 aromatic heterocycles. The number of nitrogens with one attached hydrogen (secondary N) is 1. The first kappa shape index (κ1) is 15.7. The summed E-state index contributed by atoms with van der Waals surface area (Å²) in [5, 5.41) is 16.5. The van der Waals surface area contributed by atoms with E-state index in [-0.39, 0.29) is 29.2 Å². The van der Waals surface area contributed by atoms with Crippen molar-refractivity contribution < 1.29 is 9.90 Å². The van der Waals surface area contributed by atoms with E-state index in [0.29, 0.717) is 13.1 Å². The third-order valence-corrected chi connectivity index (χ3v) is 4.16. The molecule has 0 aromatic carbocycles. The van der Waals surface area contributed by atoms with E-state index in [0.717, 1.165) is 32.1 Å². The number of nitrogens with zero attached hydrogens (tertiary/aromatic N) is 2. The van der Waals surface area contributed by atoms with Crippen LogP contribution in [0.2, 0.25) is 0 Å². The number of carbonyl (C=O) groups excluding carboxylic acids is 1. The van der Waals surface area contributed by atoms with Crippen molar-refractivity contribution in [2.24, 2.45) is 5.41 Å². The Kier molecular flexibility index (Phi) is 5.12. The molecule has 21 heavy (non-hydrogen) atoms. The Labute approximate surface area is 124 Å². The Morgan fingerprint density at radius 2 is 2.14 bits per heavy atom. The third kappa shape index (κ3) is 3.69. The summed E-state index contributed by atoms with van der Waals surface area (Å²) in [6.07, 6.45) is 4.84. The van der Waals surface area contributed by atoms with E-state index in [2.05, 4.69) is 10.4 Å². The number of hydrogen-bond acceptors (Lipinski definition) is 4. The smallest absolute Gasteiger partial charge is 0.271 e. The summed E-state index contributed by atoms with van der Waals surface area (Å²) in [4.78, 5) is 23.7. The predicted molar refractivity (Wildman–Crippen MR) is 79.1 cm³/mol. The molecule has 1 heterocycles. The van der Waals surface area contributed by atoms with Crippen LogP contribution in [0, 0.1) is 5.41 Å². The van der Waals surface area contributed by atoms with Crippen molar-refractivity contribution in [3.05, 3.63) is 28.2 Å². The van der Waals surface area contributed by atoms with Crippen LogP contribution in [-0.4, -0.2) is 33.9 Å². The Balaban J connectivity index is 2.03. The summed E-state index contributed by atoms with van der Waals surface area (Å²) < 4.78 is 1.31. The molecular formula is C15H23N3O3. The third-order valence-electron chi connectivity index (χ3n) is 4.16. The zero-order chi connectivity index (χ0) is 15.3. The van der Waals surface area contributed by atoms with Gasteiger partial charge in [-0.1, -0.05) is 19.8 Å². The zero-order valence-electron chi connectivity index (χ0n) is 12.5. The van der Waals surface area contributed by atoms with Gasteiger partial charge < -0.3 is 10.4 Å². The van der Waals surface area contributed by atoms with Crippen molar-refractivity contribution in [2.45, 2.75) is 45.6 Å². The van der Waals surface area contributed by atoms with E-state index < -0.39 is 0 Å². The molecule has 0 bridgehead atoms. The molecule has 2 N–H and O–H groups in total. The van der Waals surface area contributed by atoms with Gasteiger partial charge in [-0.25, -0.2) is 4.68 Å². The number of rotatable bonds is 6. The molecule has 0 unspecified atom stereocenters. The maximum Gasteiger partial charge on any atom is 0.271 e. The Hall–Kier alpha value is -1.69. The number of aliphatic hydroxyl groups is 1. The monoisotopic (exact) mass is 293 g/mol. The van der Waals surface area contributed by atoms with Crippen LogP contribution in [0.4, 0.5) is 0 Å². The van der Waals surface area contributed by atoms with E-state index in [1.54, 1.807) is 0 Å². The number of aliphatic hydroxyl groups excluding tert-OH is 1. The molecule has 2 rings (SSSR count). The molecular weight excluding hydrogens is 270 g/mol. The van der Waals surface area contributed by atoms with Crippen molar-refractivity contribution in [1.29, 1.82) is 0 Å². The Morgan fingerprint density at radius 3 is 2.76 bits per heavy atom. The molecule has 1 amide bonds. The zero-order valence-corrected chi connectivity index (χ0v) is 12.5. The number of hydrogen-bond donors (Lipinski definition) is 2. The first-order valence-electron chi connectivity index (χ1n) is 7.57. The molecule has 1 aliphatic rings. The fourth-order valence-corrected chi connectivity index (χ4v) is 2.82. The van der Waals surface area contributed by atoms with Crippen LogP contribution in [0.25, 0.3) is 0 Å². The fraction of sp³-hybridized carbons (Fsp3) is 0.667. The van der Waals surface area contributed by atoms with Gasteiger partial charge in [-0.15, -0.1) is 0 Å². The highest BCUT2D eigenvalue weighted by atomic mass is 16.3. The lowest BCUT2D eigenvalue weighted by Gasteiger charge is -2.26. The van der Waals surface area contributed by atoms with Crippen molar-refractivity contribution in [1.82, 2.24) is 15.1 Å². The van der Waals surface area contributed by atoms with Gasteiger partial charge in [0.2, 0.25) is 0 Å². The van der Waals surface area contributed by atoms with Gasteiger partial charge in [0.15, 0.2) is 0 Å². The highest BCUT2D eigenvalue weighted by Crippen LogP contribution is 2.36. The molecule has 6 heteroatoms. The summed E-state index contributed by atoms with van der Waals surface area (Å²) in [6, 6.07) is 2.82. The van der Waals surface area contributed by atoms with Gasteiger partial charge in [-0.05, 0) is 25.3 Å². The van der Waals surface area contributed by atoms with E-state index in [1.807, 2.05) is 6.92 Å². The molecule has 0 saturated heterocycles. The summed E-state index contributed by atoms with van der Waals surface area (Å²) in [5.74, 6) is -0.292. The van der Waals surface area contributed by atoms with E-state index in [9.17, 15) is 14.7 Å². The summed E-state index contributed by atoms with van der Waals surface area (Å²) in [5.41, 5.74) is -0.141. The second kappa shape index (κ2) is 6.85. The summed E-state index contributed by atoms with van der Waals surface area (Å²) in [6.45, 7) is 3.00. The first-order chi connectivity index (χ1) is 10.1.